The molecule has 0 saturated heterocycles. The number of amides is 1. The molecule has 0 aliphatic carbocycles. The minimum absolute atomic E-state index is 0.483. The third-order valence-corrected chi connectivity index (χ3v) is 4.06. The molecule has 0 spiro atoms. The van der Waals surface area contributed by atoms with Crippen molar-refractivity contribution in [2.24, 2.45) is 4.99 Å². The number of carbonyl (C=O) groups excluding carboxylic acids is 1. The van der Waals surface area contributed by atoms with E-state index in [2.05, 4.69) is 30.7 Å². The van der Waals surface area contributed by atoms with Crippen LogP contribution in [-0.4, -0.2) is 31.2 Å². The maximum Gasteiger partial charge on any atom is 0.411 e. The van der Waals surface area contributed by atoms with Crippen molar-refractivity contribution >= 4 is 29.1 Å². The highest BCUT2D eigenvalue weighted by Gasteiger charge is 2.03. The van der Waals surface area contributed by atoms with Gasteiger partial charge >= 0.3 is 6.09 Å². The maximum absolute atomic E-state index is 11.1. The Balaban J connectivity index is 1.81. The average molecular weight is 347 g/mol. The van der Waals surface area contributed by atoms with Gasteiger partial charge in [-0.25, -0.2) is 9.78 Å². The van der Waals surface area contributed by atoms with Crippen molar-refractivity contribution in [3.8, 4) is 0 Å². The van der Waals surface area contributed by atoms with Crippen LogP contribution in [0.2, 0.25) is 0 Å². The highest BCUT2D eigenvalue weighted by atomic mass is 32.1. The summed E-state index contributed by atoms with van der Waals surface area (Å²) >= 11 is 1.66. The molecule has 3 N–H and O–H groups in total. The molecular weight excluding hydrogens is 326 g/mol. The van der Waals surface area contributed by atoms with Crippen LogP contribution in [0.5, 0.6) is 0 Å². The van der Waals surface area contributed by atoms with Crippen LogP contribution < -0.4 is 16.0 Å². The first-order valence-electron chi connectivity index (χ1n) is 7.40. The Bertz CT molecular complexity index is 697. The molecule has 2 rings (SSSR count). The fourth-order valence-electron chi connectivity index (χ4n) is 1.92. The van der Waals surface area contributed by atoms with Gasteiger partial charge in [0.05, 0.1) is 13.7 Å². The Morgan fingerprint density at radius 1 is 1.25 bits per heavy atom. The second kappa shape index (κ2) is 8.88. The van der Waals surface area contributed by atoms with Gasteiger partial charge in [-0.1, -0.05) is 12.1 Å². The van der Waals surface area contributed by atoms with Gasteiger partial charge in [0.2, 0.25) is 0 Å². The molecular formula is C16H21N5O2S. The first-order chi connectivity index (χ1) is 11.6. The van der Waals surface area contributed by atoms with Gasteiger partial charge in [0.15, 0.2) is 5.96 Å². The normalized spacial score (nSPS) is 11.0. The summed E-state index contributed by atoms with van der Waals surface area (Å²) in [6.07, 6.45) is 1.38. The molecule has 1 amide bonds. The number of anilines is 1. The molecule has 1 aromatic heterocycles. The average Bonchev–Trinajstić information content (AvgIpc) is 3.01. The summed E-state index contributed by atoms with van der Waals surface area (Å²) in [4.78, 5) is 20.8. The van der Waals surface area contributed by atoms with E-state index >= 15 is 0 Å². The monoisotopic (exact) mass is 347 g/mol. The summed E-state index contributed by atoms with van der Waals surface area (Å²) in [7, 11) is 3.06. The highest BCUT2D eigenvalue weighted by Crippen LogP contribution is 2.11. The van der Waals surface area contributed by atoms with Crippen molar-refractivity contribution in [1.29, 1.82) is 0 Å². The summed E-state index contributed by atoms with van der Waals surface area (Å²) in [5, 5.41) is 10.1. The molecule has 128 valence electrons. The Morgan fingerprint density at radius 2 is 1.96 bits per heavy atom. The molecule has 0 aliphatic heterocycles. The fourth-order valence-corrected chi connectivity index (χ4v) is 2.65. The van der Waals surface area contributed by atoms with E-state index in [-0.39, 0.29) is 0 Å². The first kappa shape index (κ1) is 17.7. The van der Waals surface area contributed by atoms with Gasteiger partial charge in [-0.3, -0.25) is 10.3 Å². The van der Waals surface area contributed by atoms with Crippen molar-refractivity contribution in [3.05, 3.63) is 45.9 Å². The van der Waals surface area contributed by atoms with Gasteiger partial charge in [0, 0.05) is 30.4 Å². The first-order valence-corrected chi connectivity index (χ1v) is 8.22. The van der Waals surface area contributed by atoms with E-state index in [9.17, 15) is 4.79 Å². The van der Waals surface area contributed by atoms with Gasteiger partial charge in [-0.15, -0.1) is 11.3 Å². The maximum atomic E-state index is 11.1. The number of hydrogen-bond donors (Lipinski definition) is 3. The topological polar surface area (TPSA) is 87.6 Å². The molecule has 0 radical (unpaired) electrons. The third kappa shape index (κ3) is 5.54. The van der Waals surface area contributed by atoms with E-state index in [1.54, 1.807) is 18.4 Å². The van der Waals surface area contributed by atoms with E-state index in [4.69, 9.17) is 0 Å². The quantitative estimate of drug-likeness (QED) is 0.571. The van der Waals surface area contributed by atoms with Crippen LogP contribution in [0.4, 0.5) is 10.5 Å². The van der Waals surface area contributed by atoms with Crippen LogP contribution in [0.1, 0.15) is 15.4 Å². The van der Waals surface area contributed by atoms with Crippen LogP contribution >= 0.6 is 11.3 Å². The number of aryl methyl sites for hydroxylation is 1. The van der Waals surface area contributed by atoms with Crippen LogP contribution in [0.25, 0.3) is 0 Å². The third-order valence-electron chi connectivity index (χ3n) is 3.15. The lowest BCUT2D eigenvalue weighted by Gasteiger charge is -2.11. The van der Waals surface area contributed by atoms with E-state index in [1.807, 2.05) is 37.4 Å². The Kier molecular flexibility index (Phi) is 6.56. The second-order valence-electron chi connectivity index (χ2n) is 4.96. The van der Waals surface area contributed by atoms with E-state index < -0.39 is 6.09 Å². The van der Waals surface area contributed by atoms with Crippen LogP contribution in [0, 0.1) is 6.92 Å². The molecule has 7 nitrogen and oxygen atoms in total. The standard InChI is InChI=1S/C16H21N5O2S/c1-11-8-18-14(24-11)10-20-15(17-2)19-9-12-4-6-13(7-5-12)21-16(22)23-3/h4-8H,9-10H2,1-3H3,(H,21,22)(H2,17,19,20). The second-order valence-corrected chi connectivity index (χ2v) is 6.28. The van der Waals surface area contributed by atoms with Crippen molar-refractivity contribution < 1.29 is 9.53 Å². The molecule has 24 heavy (non-hydrogen) atoms. The number of aromatic nitrogens is 1. The van der Waals surface area contributed by atoms with Crippen molar-refractivity contribution in [3.63, 3.8) is 0 Å². The minimum Gasteiger partial charge on any atom is -0.453 e. The number of carbonyl (C=O) groups is 1. The van der Waals surface area contributed by atoms with Crippen LogP contribution in [0.15, 0.2) is 35.5 Å². The molecule has 8 heteroatoms. The summed E-state index contributed by atoms with van der Waals surface area (Å²) in [6, 6.07) is 7.50. The van der Waals surface area contributed by atoms with Crippen LogP contribution in [0.3, 0.4) is 0 Å². The number of hydrogen-bond acceptors (Lipinski definition) is 5. The van der Waals surface area contributed by atoms with Gasteiger partial charge in [0.1, 0.15) is 5.01 Å². The number of benzene rings is 1. The molecule has 0 fully saturated rings. The molecule has 0 saturated carbocycles. The molecule has 0 atom stereocenters. The van der Waals surface area contributed by atoms with Gasteiger partial charge in [-0.05, 0) is 24.6 Å². The molecule has 0 unspecified atom stereocenters. The number of methoxy groups -OCH3 is 1. The Hall–Kier alpha value is -2.61. The zero-order chi connectivity index (χ0) is 17.4. The zero-order valence-electron chi connectivity index (χ0n) is 13.9. The number of nitrogens with one attached hydrogen (secondary N) is 3. The Morgan fingerprint density at radius 3 is 2.54 bits per heavy atom. The summed E-state index contributed by atoms with van der Waals surface area (Å²) in [5.41, 5.74) is 1.76. The summed E-state index contributed by atoms with van der Waals surface area (Å²) < 4.78 is 4.55. The molecule has 2 aromatic rings. The predicted molar refractivity (Wildman–Crippen MR) is 96.4 cm³/mol. The lowest BCUT2D eigenvalue weighted by molar-refractivity contribution is 0.187. The molecule has 0 aliphatic rings. The molecule has 0 bridgehead atoms. The van der Waals surface area contributed by atoms with Crippen molar-refractivity contribution in [2.75, 3.05) is 19.5 Å². The van der Waals surface area contributed by atoms with Crippen molar-refractivity contribution in [2.45, 2.75) is 20.0 Å². The number of thiazole rings is 1. The van der Waals surface area contributed by atoms with E-state index in [0.717, 1.165) is 10.6 Å². The SMILES string of the molecule is CN=C(NCc1ccc(NC(=O)OC)cc1)NCc1ncc(C)s1. The fraction of sp³-hybridized carbons (Fsp3) is 0.312. The minimum atomic E-state index is -0.483. The summed E-state index contributed by atoms with van der Waals surface area (Å²) in [6.45, 7) is 3.29. The van der Waals surface area contributed by atoms with Gasteiger partial charge < -0.3 is 15.4 Å². The number of aliphatic imine (C=N–C) groups is 1. The number of guanidine groups is 1. The number of ether oxygens (including phenoxy) is 1. The highest BCUT2D eigenvalue weighted by molar-refractivity contribution is 7.11. The van der Waals surface area contributed by atoms with Crippen LogP contribution in [-0.2, 0) is 17.8 Å². The molecule has 1 heterocycles. The van der Waals surface area contributed by atoms with Crippen molar-refractivity contribution in [1.82, 2.24) is 15.6 Å². The molecule has 1 aromatic carbocycles. The van der Waals surface area contributed by atoms with Gasteiger partial charge in [-0.2, -0.15) is 0 Å². The Labute approximate surface area is 145 Å². The summed E-state index contributed by atoms with van der Waals surface area (Å²) in [5.74, 6) is 0.708. The largest absolute Gasteiger partial charge is 0.453 e. The van der Waals surface area contributed by atoms with Gasteiger partial charge in [0.25, 0.3) is 0 Å². The number of nitrogens with zero attached hydrogens (tertiary/aromatic N) is 2. The van der Waals surface area contributed by atoms with E-state index in [1.165, 1.54) is 12.0 Å². The number of rotatable bonds is 5. The smallest absolute Gasteiger partial charge is 0.411 e. The van der Waals surface area contributed by atoms with E-state index in [0.29, 0.717) is 24.7 Å². The lowest BCUT2D eigenvalue weighted by atomic mass is 10.2. The lowest BCUT2D eigenvalue weighted by Crippen LogP contribution is -2.36. The zero-order valence-corrected chi connectivity index (χ0v) is 14.7. The predicted octanol–water partition coefficient (Wildman–Crippen LogP) is 2.50.